The lowest BCUT2D eigenvalue weighted by atomic mass is 10.3. The first kappa shape index (κ1) is 17.0. The van der Waals surface area contributed by atoms with Crippen LogP contribution in [0.25, 0.3) is 0 Å². The number of anilines is 1. The maximum Gasteiger partial charge on any atom is 0.357 e. The second kappa shape index (κ2) is 8.89. The minimum atomic E-state index is -0.486. The van der Waals surface area contributed by atoms with Crippen LogP contribution in [0.2, 0.25) is 0 Å². The average Bonchev–Trinajstić information content (AvgIpc) is 3.01. The van der Waals surface area contributed by atoms with Crippen LogP contribution < -0.4 is 10.1 Å². The third-order valence-electron chi connectivity index (χ3n) is 2.80. The zero-order chi connectivity index (χ0) is 16.5. The smallest absolute Gasteiger partial charge is 0.357 e. The number of carbonyl (C=O) groups is 2. The fourth-order valence-corrected chi connectivity index (χ4v) is 2.45. The SMILES string of the molecule is CCOC(=O)c1csc(NC(=O)CCCOc2ccccc2)n1. The number of rotatable bonds is 8. The number of hydrogen-bond acceptors (Lipinski definition) is 6. The van der Waals surface area contributed by atoms with Crippen LogP contribution in [0.15, 0.2) is 35.7 Å². The van der Waals surface area contributed by atoms with E-state index in [1.165, 1.54) is 11.3 Å². The molecule has 0 fully saturated rings. The second-order valence-corrected chi connectivity index (χ2v) is 5.43. The molecule has 122 valence electrons. The van der Waals surface area contributed by atoms with Crippen LogP contribution in [0.5, 0.6) is 5.75 Å². The molecule has 0 aliphatic carbocycles. The van der Waals surface area contributed by atoms with Gasteiger partial charge in [-0.2, -0.15) is 0 Å². The Balaban J connectivity index is 1.69. The van der Waals surface area contributed by atoms with Crippen LogP contribution in [0.3, 0.4) is 0 Å². The van der Waals surface area contributed by atoms with E-state index in [9.17, 15) is 9.59 Å². The quantitative estimate of drug-likeness (QED) is 0.593. The molecule has 0 spiro atoms. The molecular formula is C16H18N2O4S. The number of ether oxygens (including phenoxy) is 2. The fourth-order valence-electron chi connectivity index (χ4n) is 1.75. The van der Waals surface area contributed by atoms with Crippen LogP contribution >= 0.6 is 11.3 Å². The number of hydrogen-bond donors (Lipinski definition) is 1. The minimum Gasteiger partial charge on any atom is -0.494 e. The summed E-state index contributed by atoms with van der Waals surface area (Å²) in [5, 5.41) is 4.62. The van der Waals surface area contributed by atoms with Gasteiger partial charge in [0.15, 0.2) is 10.8 Å². The number of benzene rings is 1. The number of esters is 1. The van der Waals surface area contributed by atoms with Crippen molar-refractivity contribution in [1.82, 2.24) is 4.98 Å². The van der Waals surface area contributed by atoms with E-state index in [0.717, 1.165) is 5.75 Å². The molecule has 0 atom stereocenters. The van der Waals surface area contributed by atoms with Crippen molar-refractivity contribution >= 4 is 28.3 Å². The Morgan fingerprint density at radius 2 is 2.04 bits per heavy atom. The van der Waals surface area contributed by atoms with E-state index in [-0.39, 0.29) is 11.6 Å². The van der Waals surface area contributed by atoms with E-state index in [1.807, 2.05) is 30.3 Å². The molecule has 2 rings (SSSR count). The van der Waals surface area contributed by atoms with E-state index in [0.29, 0.717) is 31.2 Å². The van der Waals surface area contributed by atoms with Gasteiger partial charge >= 0.3 is 5.97 Å². The van der Waals surface area contributed by atoms with E-state index in [1.54, 1.807) is 12.3 Å². The number of nitrogens with zero attached hydrogens (tertiary/aromatic N) is 1. The average molecular weight is 334 g/mol. The monoisotopic (exact) mass is 334 g/mol. The van der Waals surface area contributed by atoms with Crippen molar-refractivity contribution < 1.29 is 19.1 Å². The molecule has 0 aliphatic rings. The Labute approximate surface area is 138 Å². The molecule has 1 amide bonds. The van der Waals surface area contributed by atoms with Gasteiger partial charge in [0.05, 0.1) is 13.2 Å². The maximum atomic E-state index is 11.8. The summed E-state index contributed by atoms with van der Waals surface area (Å²) in [4.78, 5) is 27.3. The van der Waals surface area contributed by atoms with Crippen molar-refractivity contribution in [3.05, 3.63) is 41.4 Å². The summed E-state index contributed by atoms with van der Waals surface area (Å²) < 4.78 is 10.4. The zero-order valence-electron chi connectivity index (χ0n) is 12.8. The summed E-state index contributed by atoms with van der Waals surface area (Å²) in [6, 6.07) is 9.44. The molecule has 1 aromatic heterocycles. The van der Waals surface area contributed by atoms with Gasteiger partial charge in [-0.1, -0.05) is 18.2 Å². The summed E-state index contributed by atoms with van der Waals surface area (Å²) >= 11 is 1.19. The molecular weight excluding hydrogens is 316 g/mol. The number of para-hydroxylation sites is 1. The van der Waals surface area contributed by atoms with Gasteiger partial charge in [-0.25, -0.2) is 9.78 Å². The number of aromatic nitrogens is 1. The lowest BCUT2D eigenvalue weighted by Gasteiger charge is -2.05. The molecule has 0 radical (unpaired) electrons. The molecule has 23 heavy (non-hydrogen) atoms. The summed E-state index contributed by atoms with van der Waals surface area (Å²) in [5.41, 5.74) is 0.208. The van der Waals surface area contributed by atoms with Crippen molar-refractivity contribution in [2.75, 3.05) is 18.5 Å². The Morgan fingerprint density at radius 3 is 2.78 bits per heavy atom. The third-order valence-corrected chi connectivity index (χ3v) is 3.55. The van der Waals surface area contributed by atoms with Crippen molar-refractivity contribution in [1.29, 1.82) is 0 Å². The van der Waals surface area contributed by atoms with Gasteiger partial charge in [-0.15, -0.1) is 11.3 Å². The van der Waals surface area contributed by atoms with E-state index >= 15 is 0 Å². The second-order valence-electron chi connectivity index (χ2n) is 4.57. The summed E-state index contributed by atoms with van der Waals surface area (Å²) in [6.07, 6.45) is 0.915. The predicted molar refractivity (Wildman–Crippen MR) is 87.9 cm³/mol. The Kier molecular flexibility index (Phi) is 6.56. The number of amides is 1. The molecule has 0 saturated carbocycles. The maximum absolute atomic E-state index is 11.8. The van der Waals surface area contributed by atoms with Gasteiger partial charge in [-0.3, -0.25) is 4.79 Å². The molecule has 7 heteroatoms. The van der Waals surface area contributed by atoms with Crippen LogP contribution in [0, 0.1) is 0 Å². The lowest BCUT2D eigenvalue weighted by molar-refractivity contribution is -0.116. The largest absolute Gasteiger partial charge is 0.494 e. The fraction of sp³-hybridized carbons (Fsp3) is 0.312. The third kappa shape index (κ3) is 5.71. The Hall–Kier alpha value is -2.41. The molecule has 0 saturated heterocycles. The van der Waals surface area contributed by atoms with Crippen molar-refractivity contribution in [2.45, 2.75) is 19.8 Å². The zero-order valence-corrected chi connectivity index (χ0v) is 13.6. The van der Waals surface area contributed by atoms with Gasteiger partial charge in [-0.05, 0) is 25.5 Å². The molecule has 0 unspecified atom stereocenters. The van der Waals surface area contributed by atoms with Crippen LogP contribution in [-0.4, -0.2) is 30.1 Å². The number of nitrogens with one attached hydrogen (secondary N) is 1. The van der Waals surface area contributed by atoms with E-state index < -0.39 is 5.97 Å². The van der Waals surface area contributed by atoms with Gasteiger partial charge in [0, 0.05) is 11.8 Å². The highest BCUT2D eigenvalue weighted by molar-refractivity contribution is 7.14. The summed E-state index contributed by atoms with van der Waals surface area (Å²) in [5.74, 6) is 0.138. The summed E-state index contributed by atoms with van der Waals surface area (Å²) in [7, 11) is 0. The lowest BCUT2D eigenvalue weighted by Crippen LogP contribution is -2.13. The molecule has 1 aromatic carbocycles. The van der Waals surface area contributed by atoms with Gasteiger partial charge < -0.3 is 14.8 Å². The highest BCUT2D eigenvalue weighted by atomic mass is 32.1. The first-order valence-electron chi connectivity index (χ1n) is 7.29. The Bertz CT molecular complexity index is 643. The van der Waals surface area contributed by atoms with Crippen molar-refractivity contribution in [2.24, 2.45) is 0 Å². The highest BCUT2D eigenvalue weighted by Gasteiger charge is 2.13. The molecule has 1 heterocycles. The van der Waals surface area contributed by atoms with E-state index in [4.69, 9.17) is 9.47 Å². The highest BCUT2D eigenvalue weighted by Crippen LogP contribution is 2.16. The Morgan fingerprint density at radius 1 is 1.26 bits per heavy atom. The van der Waals surface area contributed by atoms with Crippen LogP contribution in [0.4, 0.5) is 5.13 Å². The topological polar surface area (TPSA) is 77.5 Å². The van der Waals surface area contributed by atoms with Gasteiger partial charge in [0.25, 0.3) is 0 Å². The number of carbonyl (C=O) groups excluding carboxylic acids is 2. The molecule has 6 nitrogen and oxygen atoms in total. The normalized spacial score (nSPS) is 10.1. The van der Waals surface area contributed by atoms with Crippen molar-refractivity contribution in [3.63, 3.8) is 0 Å². The molecule has 0 bridgehead atoms. The minimum absolute atomic E-state index is 0.161. The van der Waals surface area contributed by atoms with Crippen molar-refractivity contribution in [3.8, 4) is 5.75 Å². The summed E-state index contributed by atoms with van der Waals surface area (Å²) in [6.45, 7) is 2.48. The predicted octanol–water partition coefficient (Wildman–Crippen LogP) is 3.12. The molecule has 0 aliphatic heterocycles. The molecule has 2 aromatic rings. The molecule has 1 N–H and O–H groups in total. The van der Waals surface area contributed by atoms with Crippen LogP contribution in [-0.2, 0) is 9.53 Å². The van der Waals surface area contributed by atoms with Gasteiger partial charge in [0.1, 0.15) is 5.75 Å². The number of thiazole rings is 1. The first-order chi connectivity index (χ1) is 11.2. The van der Waals surface area contributed by atoms with E-state index in [2.05, 4.69) is 10.3 Å². The standard InChI is InChI=1S/C16H18N2O4S/c1-2-21-15(20)13-11-23-16(17-13)18-14(19)9-6-10-22-12-7-4-3-5-8-12/h3-5,7-8,11H,2,6,9-10H2,1H3,(H,17,18,19). The van der Waals surface area contributed by atoms with Gasteiger partial charge in [0.2, 0.25) is 5.91 Å². The first-order valence-corrected chi connectivity index (χ1v) is 8.17. The van der Waals surface area contributed by atoms with Crippen LogP contribution in [0.1, 0.15) is 30.3 Å².